The Balaban J connectivity index is 1.30. The third-order valence-electron chi connectivity index (χ3n) is 7.25. The van der Waals surface area contributed by atoms with Crippen LogP contribution in [-0.4, -0.2) is 73.3 Å². The maximum atomic E-state index is 14.6. The Morgan fingerprint density at radius 3 is 2.71 bits per heavy atom. The largest absolute Gasteiger partial charge is 0.472 e. The molecule has 2 bridgehead atoms. The van der Waals surface area contributed by atoms with Crippen LogP contribution in [0, 0.1) is 18.7 Å². The average Bonchev–Trinajstić information content (AvgIpc) is 3.61. The number of benzene rings is 1. The molecule has 0 radical (unpaired) electrons. The van der Waals surface area contributed by atoms with Crippen molar-refractivity contribution in [3.63, 3.8) is 0 Å². The number of alkyl carbamates (subject to hydrolysis) is 1. The highest BCUT2D eigenvalue weighted by Gasteiger charge is 2.46. The van der Waals surface area contributed by atoms with Crippen molar-refractivity contribution >= 4 is 47.4 Å². The first-order valence-corrected chi connectivity index (χ1v) is 14.2. The number of hydrogen-bond donors (Lipinski definition) is 5. The Hall–Kier alpha value is -4.11. The molecule has 2 aliphatic rings. The van der Waals surface area contributed by atoms with Crippen molar-refractivity contribution in [3.8, 4) is 11.8 Å². The van der Waals surface area contributed by atoms with E-state index in [9.17, 15) is 13.8 Å². The average molecular weight is 588 g/mol. The molecule has 1 aliphatic carbocycles. The SMILES string of the molecule is CNc1cc(F)cc2c1[nH]c1nc(Oc3cnc(C)nc3)nc(N3CC4CC3CC4NC(=O)OCOP(=O)(O)O)c12. The molecule has 216 valence electrons. The lowest BCUT2D eigenvalue weighted by Crippen LogP contribution is -2.46. The van der Waals surface area contributed by atoms with E-state index in [1.165, 1.54) is 24.5 Å². The first-order valence-electron chi connectivity index (χ1n) is 12.6. The van der Waals surface area contributed by atoms with Crippen LogP contribution < -0.4 is 20.3 Å². The molecule has 2 fully saturated rings. The van der Waals surface area contributed by atoms with Crippen LogP contribution in [0.4, 0.5) is 20.7 Å². The van der Waals surface area contributed by atoms with Crippen molar-refractivity contribution in [2.45, 2.75) is 31.8 Å². The Bertz CT molecular complexity index is 1680. The monoisotopic (exact) mass is 588 g/mol. The van der Waals surface area contributed by atoms with Gasteiger partial charge in [-0.15, -0.1) is 0 Å². The molecule has 1 amide bonds. The zero-order valence-corrected chi connectivity index (χ0v) is 22.8. The minimum Gasteiger partial charge on any atom is -0.422 e. The van der Waals surface area contributed by atoms with Crippen LogP contribution in [0.15, 0.2) is 24.5 Å². The lowest BCUT2D eigenvalue weighted by atomic mass is 10.0. The molecule has 3 aromatic heterocycles. The molecule has 1 aliphatic heterocycles. The number of H-pyrrole nitrogens is 1. The normalized spacial score (nSPS) is 20.1. The molecule has 1 saturated carbocycles. The summed E-state index contributed by atoms with van der Waals surface area (Å²) in [6.45, 7) is 1.41. The molecular weight excluding hydrogens is 562 g/mol. The van der Waals surface area contributed by atoms with Gasteiger partial charge in [0.05, 0.1) is 29.0 Å². The molecule has 17 heteroatoms. The summed E-state index contributed by atoms with van der Waals surface area (Å²) in [7, 11) is -3.05. The number of aromatic amines is 1. The molecule has 5 N–H and O–H groups in total. The number of phosphoric ester groups is 1. The second-order valence-corrected chi connectivity index (χ2v) is 11.1. The molecule has 1 aromatic carbocycles. The minimum atomic E-state index is -4.75. The van der Waals surface area contributed by atoms with Gasteiger partial charge in [0.2, 0.25) is 6.79 Å². The van der Waals surface area contributed by atoms with Crippen LogP contribution >= 0.6 is 7.82 Å². The van der Waals surface area contributed by atoms with Crippen LogP contribution in [0.5, 0.6) is 11.8 Å². The van der Waals surface area contributed by atoms with E-state index < -0.39 is 26.5 Å². The number of nitrogens with one attached hydrogen (secondary N) is 3. The van der Waals surface area contributed by atoms with Crippen molar-refractivity contribution in [1.82, 2.24) is 30.2 Å². The number of phosphoric acid groups is 1. The molecular formula is C24H26FN8O7P. The number of fused-ring (bicyclic) bond motifs is 5. The van der Waals surface area contributed by atoms with Gasteiger partial charge in [0.25, 0.3) is 0 Å². The quantitative estimate of drug-likeness (QED) is 0.149. The van der Waals surface area contributed by atoms with Gasteiger partial charge < -0.3 is 39.8 Å². The van der Waals surface area contributed by atoms with E-state index in [1.54, 1.807) is 14.0 Å². The summed E-state index contributed by atoms with van der Waals surface area (Å²) in [6, 6.07) is 2.64. The molecule has 4 heterocycles. The predicted molar refractivity (Wildman–Crippen MR) is 143 cm³/mol. The predicted octanol–water partition coefficient (Wildman–Crippen LogP) is 2.94. The summed E-state index contributed by atoms with van der Waals surface area (Å²) in [5.74, 6) is 1.11. The van der Waals surface area contributed by atoms with E-state index in [0.717, 1.165) is 6.42 Å². The Morgan fingerprint density at radius 2 is 2.02 bits per heavy atom. The van der Waals surface area contributed by atoms with Crippen LogP contribution in [0.3, 0.4) is 0 Å². The molecule has 41 heavy (non-hydrogen) atoms. The first-order chi connectivity index (χ1) is 19.6. The highest BCUT2D eigenvalue weighted by atomic mass is 31.2. The maximum Gasteiger partial charge on any atom is 0.472 e. The van der Waals surface area contributed by atoms with Crippen LogP contribution in [-0.2, 0) is 13.8 Å². The Labute approximate surface area is 231 Å². The molecule has 6 rings (SSSR count). The van der Waals surface area contributed by atoms with Gasteiger partial charge in [-0.2, -0.15) is 9.97 Å². The summed E-state index contributed by atoms with van der Waals surface area (Å²) < 4.78 is 40.2. The fourth-order valence-electron chi connectivity index (χ4n) is 5.55. The van der Waals surface area contributed by atoms with E-state index in [-0.39, 0.29) is 24.0 Å². The lowest BCUT2D eigenvalue weighted by molar-refractivity contribution is 0.0375. The van der Waals surface area contributed by atoms with Crippen molar-refractivity contribution < 1.29 is 37.5 Å². The van der Waals surface area contributed by atoms with E-state index in [0.29, 0.717) is 58.0 Å². The Kier molecular flexibility index (Phi) is 6.85. The minimum absolute atomic E-state index is 0.0208. The van der Waals surface area contributed by atoms with Crippen LogP contribution in [0.25, 0.3) is 21.9 Å². The topological polar surface area (TPSA) is 197 Å². The zero-order chi connectivity index (χ0) is 28.9. The fraction of sp³-hybridized carbons (Fsp3) is 0.375. The zero-order valence-electron chi connectivity index (χ0n) is 21.9. The summed E-state index contributed by atoms with van der Waals surface area (Å²) in [5.41, 5.74) is 1.69. The smallest absolute Gasteiger partial charge is 0.422 e. The number of halogens is 1. The molecule has 3 unspecified atom stereocenters. The molecule has 3 atom stereocenters. The molecule has 1 saturated heterocycles. The van der Waals surface area contributed by atoms with Gasteiger partial charge >= 0.3 is 19.9 Å². The van der Waals surface area contributed by atoms with E-state index in [4.69, 9.17) is 24.2 Å². The molecule has 0 spiro atoms. The number of amides is 1. The number of piperidine rings is 1. The number of carbonyl (C=O) groups is 1. The number of anilines is 2. The van der Waals surface area contributed by atoms with Crippen molar-refractivity contribution in [2.75, 3.05) is 30.6 Å². The van der Waals surface area contributed by atoms with Crippen molar-refractivity contribution in [1.29, 1.82) is 0 Å². The highest BCUT2D eigenvalue weighted by molar-refractivity contribution is 7.46. The van der Waals surface area contributed by atoms with Crippen molar-refractivity contribution in [3.05, 3.63) is 36.2 Å². The Morgan fingerprint density at radius 1 is 1.24 bits per heavy atom. The summed E-state index contributed by atoms with van der Waals surface area (Å²) in [5, 5.41) is 7.00. The standard InChI is InChI=1S/C24H26FN8O7P/c1-11-27-7-15(8-28-11)40-23-31-21-19(16-4-13(25)5-18(26-2)20(16)30-21)22(32-23)33-9-12-3-14(33)6-17(12)29-24(34)38-10-39-41(35,36)37/h4-5,7-8,12,14,17,26H,3,6,9-10H2,1-2H3,(H,29,34)(H,30,31,32)(H2,35,36,37). The lowest BCUT2D eigenvalue weighted by Gasteiger charge is -2.33. The number of ether oxygens (including phenoxy) is 2. The van der Waals surface area contributed by atoms with Gasteiger partial charge in [0, 0.05) is 31.1 Å². The summed E-state index contributed by atoms with van der Waals surface area (Å²) in [6.07, 6.45) is 3.51. The van der Waals surface area contributed by atoms with Gasteiger partial charge in [0.15, 0.2) is 5.75 Å². The maximum absolute atomic E-state index is 14.6. The van der Waals surface area contributed by atoms with Crippen LogP contribution in [0.1, 0.15) is 18.7 Å². The number of carbonyl (C=O) groups excluding carboxylic acids is 1. The van der Waals surface area contributed by atoms with Gasteiger partial charge in [-0.3, -0.25) is 0 Å². The number of aromatic nitrogens is 5. The molecule has 15 nitrogen and oxygen atoms in total. The number of aryl methyl sites for hydroxylation is 1. The second-order valence-electron chi connectivity index (χ2n) is 9.83. The third-order valence-corrected chi connectivity index (χ3v) is 7.69. The number of rotatable bonds is 8. The number of nitrogens with zero attached hydrogens (tertiary/aromatic N) is 5. The van der Waals surface area contributed by atoms with Gasteiger partial charge in [0.1, 0.15) is 23.1 Å². The van der Waals surface area contributed by atoms with E-state index in [2.05, 4.69) is 40.0 Å². The van der Waals surface area contributed by atoms with Crippen molar-refractivity contribution in [2.24, 2.45) is 5.92 Å². The second kappa shape index (κ2) is 10.4. The highest BCUT2D eigenvalue weighted by Crippen LogP contribution is 2.45. The summed E-state index contributed by atoms with van der Waals surface area (Å²) in [4.78, 5) is 52.6. The number of hydrogen-bond acceptors (Lipinski definition) is 11. The first kappa shape index (κ1) is 27.1. The third kappa shape index (κ3) is 5.46. The summed E-state index contributed by atoms with van der Waals surface area (Å²) >= 11 is 0. The van der Waals surface area contributed by atoms with E-state index in [1.807, 2.05) is 0 Å². The van der Waals surface area contributed by atoms with E-state index >= 15 is 0 Å². The fourth-order valence-corrected chi connectivity index (χ4v) is 5.74. The van der Waals surface area contributed by atoms with Crippen LogP contribution in [0.2, 0.25) is 0 Å². The van der Waals surface area contributed by atoms with Gasteiger partial charge in [-0.25, -0.2) is 28.2 Å². The van der Waals surface area contributed by atoms with Gasteiger partial charge in [-0.05, 0) is 37.8 Å². The van der Waals surface area contributed by atoms with Gasteiger partial charge in [-0.1, -0.05) is 0 Å². The molecule has 4 aromatic rings.